The molecule has 0 radical (unpaired) electrons. The molecule has 0 fully saturated rings. The van der Waals surface area contributed by atoms with E-state index in [0.29, 0.717) is 22.9 Å². The number of carbonyl (C=O) groups is 1. The van der Waals surface area contributed by atoms with E-state index in [1.165, 1.54) is 7.11 Å². The van der Waals surface area contributed by atoms with Gasteiger partial charge in [-0.1, -0.05) is 0 Å². The molecule has 1 atom stereocenters. The molecule has 1 aromatic carbocycles. The number of amides is 2. The molecule has 0 aliphatic heterocycles. The predicted octanol–water partition coefficient (Wildman–Crippen LogP) is 1.60. The molecule has 0 bridgehead atoms. The van der Waals surface area contributed by atoms with Gasteiger partial charge in [0.05, 0.1) is 19.9 Å². The predicted molar refractivity (Wildman–Crippen MR) is 89.5 cm³/mol. The molecule has 3 N–H and O–H groups in total. The van der Waals surface area contributed by atoms with Gasteiger partial charge in [0.25, 0.3) is 0 Å². The Labute approximate surface area is 140 Å². The number of urea groups is 1. The van der Waals surface area contributed by atoms with Crippen molar-refractivity contribution in [1.82, 2.24) is 15.1 Å². The standard InChI is InChI=1S/C16H22N4O4/c1-10-7-15(20(2)19-10)18-16(22)17-9-13(21)12-8-11(23-3)5-6-14(12)24-4/h5-8,13,21H,9H2,1-4H3,(H2,17,18,22)/t13-/m1/s1. The molecule has 130 valence electrons. The van der Waals surface area contributed by atoms with E-state index in [-0.39, 0.29) is 6.54 Å². The van der Waals surface area contributed by atoms with Crippen molar-refractivity contribution >= 4 is 11.8 Å². The van der Waals surface area contributed by atoms with Crippen LogP contribution in [0.1, 0.15) is 17.4 Å². The van der Waals surface area contributed by atoms with Crippen molar-refractivity contribution < 1.29 is 19.4 Å². The van der Waals surface area contributed by atoms with Crippen LogP contribution in [-0.4, -0.2) is 41.7 Å². The molecule has 0 unspecified atom stereocenters. The van der Waals surface area contributed by atoms with E-state index in [9.17, 15) is 9.90 Å². The topological polar surface area (TPSA) is 97.6 Å². The number of aromatic nitrogens is 2. The number of hydrogen-bond donors (Lipinski definition) is 3. The summed E-state index contributed by atoms with van der Waals surface area (Å²) in [5, 5.41) is 19.8. The zero-order valence-electron chi connectivity index (χ0n) is 14.2. The molecule has 0 spiro atoms. The van der Waals surface area contributed by atoms with E-state index in [1.54, 1.807) is 43.1 Å². The molecule has 2 aromatic rings. The molecule has 0 saturated carbocycles. The molecule has 1 aromatic heterocycles. The number of aliphatic hydroxyl groups excluding tert-OH is 1. The lowest BCUT2D eigenvalue weighted by atomic mass is 10.1. The van der Waals surface area contributed by atoms with Crippen LogP contribution in [0.25, 0.3) is 0 Å². The Morgan fingerprint density at radius 1 is 1.33 bits per heavy atom. The Kier molecular flexibility index (Phi) is 5.64. The third kappa shape index (κ3) is 4.17. The summed E-state index contributed by atoms with van der Waals surface area (Å²) < 4.78 is 11.9. The van der Waals surface area contributed by atoms with Crippen molar-refractivity contribution in [2.45, 2.75) is 13.0 Å². The molecule has 2 rings (SSSR count). The minimum absolute atomic E-state index is 0.0200. The van der Waals surface area contributed by atoms with Crippen LogP contribution in [0.5, 0.6) is 11.5 Å². The lowest BCUT2D eigenvalue weighted by molar-refractivity contribution is 0.170. The Hall–Kier alpha value is -2.74. The van der Waals surface area contributed by atoms with E-state index in [4.69, 9.17) is 9.47 Å². The van der Waals surface area contributed by atoms with Crippen LogP contribution < -0.4 is 20.1 Å². The molecule has 0 saturated heterocycles. The number of aliphatic hydroxyl groups is 1. The van der Waals surface area contributed by atoms with Crippen molar-refractivity contribution in [3.63, 3.8) is 0 Å². The van der Waals surface area contributed by atoms with Crippen molar-refractivity contribution in [2.24, 2.45) is 7.05 Å². The highest BCUT2D eigenvalue weighted by atomic mass is 16.5. The summed E-state index contributed by atoms with van der Waals surface area (Å²) in [4.78, 5) is 12.0. The summed E-state index contributed by atoms with van der Waals surface area (Å²) in [7, 11) is 4.79. The third-order valence-electron chi connectivity index (χ3n) is 3.50. The molecule has 8 heteroatoms. The van der Waals surface area contributed by atoms with Crippen LogP contribution in [0.3, 0.4) is 0 Å². The van der Waals surface area contributed by atoms with Crippen molar-refractivity contribution in [2.75, 3.05) is 26.1 Å². The number of aryl methyl sites for hydroxylation is 2. The number of rotatable bonds is 6. The highest BCUT2D eigenvalue weighted by molar-refractivity contribution is 5.88. The van der Waals surface area contributed by atoms with E-state index in [1.807, 2.05) is 6.92 Å². The van der Waals surface area contributed by atoms with Gasteiger partial charge in [0.1, 0.15) is 23.4 Å². The number of nitrogens with zero attached hydrogens (tertiary/aromatic N) is 2. The quantitative estimate of drug-likeness (QED) is 0.745. The molecule has 8 nitrogen and oxygen atoms in total. The molecule has 24 heavy (non-hydrogen) atoms. The summed E-state index contributed by atoms with van der Waals surface area (Å²) in [5.41, 5.74) is 1.34. The normalized spacial score (nSPS) is 11.7. The largest absolute Gasteiger partial charge is 0.497 e. The lowest BCUT2D eigenvalue weighted by Gasteiger charge is -2.16. The number of hydrogen-bond acceptors (Lipinski definition) is 5. The maximum atomic E-state index is 12.0. The van der Waals surface area contributed by atoms with Gasteiger partial charge in [0, 0.05) is 25.2 Å². The number of methoxy groups -OCH3 is 2. The summed E-state index contributed by atoms with van der Waals surface area (Å²) in [5.74, 6) is 1.69. The molecule has 0 aliphatic rings. The summed E-state index contributed by atoms with van der Waals surface area (Å²) in [6.07, 6.45) is -0.936. The Morgan fingerprint density at radius 3 is 2.67 bits per heavy atom. The fraction of sp³-hybridized carbons (Fsp3) is 0.375. The molecular weight excluding hydrogens is 312 g/mol. The van der Waals surface area contributed by atoms with Gasteiger partial charge in [-0.15, -0.1) is 0 Å². The number of benzene rings is 1. The zero-order chi connectivity index (χ0) is 17.7. The van der Waals surface area contributed by atoms with Crippen molar-refractivity contribution in [3.8, 4) is 11.5 Å². The van der Waals surface area contributed by atoms with Gasteiger partial charge in [-0.25, -0.2) is 4.79 Å². The smallest absolute Gasteiger partial charge is 0.320 e. The van der Waals surface area contributed by atoms with Gasteiger partial charge in [-0.05, 0) is 25.1 Å². The second-order valence-electron chi connectivity index (χ2n) is 5.25. The maximum absolute atomic E-state index is 12.0. The highest BCUT2D eigenvalue weighted by Gasteiger charge is 2.16. The van der Waals surface area contributed by atoms with Crippen LogP contribution in [0.4, 0.5) is 10.6 Å². The average Bonchev–Trinajstić information content (AvgIpc) is 2.89. The van der Waals surface area contributed by atoms with Crippen LogP contribution in [-0.2, 0) is 7.05 Å². The third-order valence-corrected chi connectivity index (χ3v) is 3.50. The second kappa shape index (κ2) is 7.69. The van der Waals surface area contributed by atoms with Crippen LogP contribution in [0.15, 0.2) is 24.3 Å². The van der Waals surface area contributed by atoms with Gasteiger partial charge in [0.2, 0.25) is 0 Å². The molecular formula is C16H22N4O4. The zero-order valence-corrected chi connectivity index (χ0v) is 14.2. The van der Waals surface area contributed by atoms with Gasteiger partial charge < -0.3 is 19.9 Å². The van der Waals surface area contributed by atoms with Gasteiger partial charge in [-0.3, -0.25) is 10.00 Å². The van der Waals surface area contributed by atoms with Crippen LogP contribution in [0.2, 0.25) is 0 Å². The minimum Gasteiger partial charge on any atom is -0.497 e. The number of anilines is 1. The first-order valence-electron chi connectivity index (χ1n) is 7.40. The van der Waals surface area contributed by atoms with E-state index in [2.05, 4.69) is 15.7 Å². The fourth-order valence-corrected chi connectivity index (χ4v) is 2.29. The first kappa shape index (κ1) is 17.6. The molecule has 2 amide bonds. The maximum Gasteiger partial charge on any atom is 0.320 e. The summed E-state index contributed by atoms with van der Waals surface area (Å²) in [6.45, 7) is 1.86. The van der Waals surface area contributed by atoms with E-state index < -0.39 is 12.1 Å². The first-order chi connectivity index (χ1) is 11.4. The summed E-state index contributed by atoms with van der Waals surface area (Å²) in [6, 6.07) is 6.43. The first-order valence-corrected chi connectivity index (χ1v) is 7.40. The van der Waals surface area contributed by atoms with Gasteiger partial charge in [-0.2, -0.15) is 5.10 Å². The Balaban J connectivity index is 1.98. The molecule has 1 heterocycles. The fourth-order valence-electron chi connectivity index (χ4n) is 2.29. The number of carbonyl (C=O) groups excluding carboxylic acids is 1. The van der Waals surface area contributed by atoms with Crippen molar-refractivity contribution in [1.29, 1.82) is 0 Å². The van der Waals surface area contributed by atoms with Crippen LogP contribution in [0, 0.1) is 6.92 Å². The lowest BCUT2D eigenvalue weighted by Crippen LogP contribution is -2.33. The SMILES string of the molecule is COc1ccc(OC)c([C@H](O)CNC(=O)Nc2cc(C)nn2C)c1. The van der Waals surface area contributed by atoms with Gasteiger partial charge >= 0.3 is 6.03 Å². The Morgan fingerprint density at radius 2 is 2.08 bits per heavy atom. The monoisotopic (exact) mass is 334 g/mol. The van der Waals surface area contributed by atoms with Gasteiger partial charge in [0.15, 0.2) is 0 Å². The van der Waals surface area contributed by atoms with Crippen LogP contribution >= 0.6 is 0 Å². The Bertz CT molecular complexity index is 714. The second-order valence-corrected chi connectivity index (χ2v) is 5.25. The van der Waals surface area contributed by atoms with E-state index >= 15 is 0 Å². The number of nitrogens with one attached hydrogen (secondary N) is 2. The molecule has 0 aliphatic carbocycles. The van der Waals surface area contributed by atoms with E-state index in [0.717, 1.165) is 5.69 Å². The van der Waals surface area contributed by atoms with Crippen molar-refractivity contribution in [3.05, 3.63) is 35.5 Å². The summed E-state index contributed by atoms with van der Waals surface area (Å²) >= 11 is 0. The number of ether oxygens (including phenoxy) is 2. The minimum atomic E-state index is -0.936. The highest BCUT2D eigenvalue weighted by Crippen LogP contribution is 2.29. The average molecular weight is 334 g/mol.